The van der Waals surface area contributed by atoms with Gasteiger partial charge in [0.05, 0.1) is 24.4 Å². The molecule has 0 aliphatic carbocycles. The summed E-state index contributed by atoms with van der Waals surface area (Å²) in [6.45, 7) is 8.95. The van der Waals surface area contributed by atoms with Crippen molar-refractivity contribution in [2.24, 2.45) is 0 Å². The number of aliphatic hydroxyl groups is 1. The molecular formula is C25H39N3O4. The SMILES string of the molecule is COCCCN(Cc1c(-c2ccccc2)noc1N1CCCCC1)C[C@H](O)COC(C)C. The lowest BCUT2D eigenvalue weighted by atomic mass is 10.1. The van der Waals surface area contributed by atoms with Crippen LogP contribution in [0.25, 0.3) is 11.3 Å². The van der Waals surface area contributed by atoms with Crippen LogP contribution in [0.15, 0.2) is 34.9 Å². The number of ether oxygens (including phenoxy) is 2. The summed E-state index contributed by atoms with van der Waals surface area (Å²) in [5.41, 5.74) is 3.03. The summed E-state index contributed by atoms with van der Waals surface area (Å²) in [4.78, 5) is 4.59. The molecule has 0 radical (unpaired) electrons. The van der Waals surface area contributed by atoms with Crippen molar-refractivity contribution in [1.29, 1.82) is 0 Å². The Bertz CT molecular complexity index is 775. The van der Waals surface area contributed by atoms with Gasteiger partial charge in [0, 0.05) is 52.0 Å². The smallest absolute Gasteiger partial charge is 0.232 e. The molecule has 7 heteroatoms. The Balaban J connectivity index is 1.83. The van der Waals surface area contributed by atoms with E-state index in [9.17, 15) is 5.11 Å². The molecule has 1 aliphatic rings. The number of rotatable bonds is 13. The van der Waals surface area contributed by atoms with E-state index in [0.29, 0.717) is 26.3 Å². The summed E-state index contributed by atoms with van der Waals surface area (Å²) < 4.78 is 16.8. The van der Waals surface area contributed by atoms with Crippen molar-refractivity contribution < 1.29 is 19.1 Å². The Morgan fingerprint density at radius 2 is 1.91 bits per heavy atom. The third-order valence-corrected chi connectivity index (χ3v) is 5.75. The minimum atomic E-state index is -0.557. The lowest BCUT2D eigenvalue weighted by Gasteiger charge is -2.29. The first-order chi connectivity index (χ1) is 15.6. The highest BCUT2D eigenvalue weighted by Crippen LogP contribution is 2.34. The van der Waals surface area contributed by atoms with E-state index >= 15 is 0 Å². The number of benzene rings is 1. The molecule has 1 N–H and O–H groups in total. The van der Waals surface area contributed by atoms with Gasteiger partial charge in [0.2, 0.25) is 5.88 Å². The predicted molar refractivity (Wildman–Crippen MR) is 127 cm³/mol. The first kappa shape index (κ1) is 24.7. The lowest BCUT2D eigenvalue weighted by Crippen LogP contribution is -2.37. The van der Waals surface area contributed by atoms with E-state index in [4.69, 9.17) is 14.0 Å². The molecule has 1 atom stereocenters. The van der Waals surface area contributed by atoms with E-state index in [2.05, 4.69) is 27.1 Å². The fourth-order valence-electron chi connectivity index (χ4n) is 4.16. The number of anilines is 1. The first-order valence-electron chi connectivity index (χ1n) is 11.9. The molecule has 178 valence electrons. The van der Waals surface area contributed by atoms with Crippen molar-refractivity contribution in [3.63, 3.8) is 0 Å². The number of nitrogens with zero attached hydrogens (tertiary/aromatic N) is 3. The first-order valence-corrected chi connectivity index (χ1v) is 11.9. The van der Waals surface area contributed by atoms with Crippen LogP contribution in [0.2, 0.25) is 0 Å². The van der Waals surface area contributed by atoms with Gasteiger partial charge in [-0.3, -0.25) is 4.90 Å². The summed E-state index contributed by atoms with van der Waals surface area (Å²) in [6.07, 6.45) is 4.03. The van der Waals surface area contributed by atoms with E-state index < -0.39 is 6.10 Å². The third-order valence-electron chi connectivity index (χ3n) is 5.75. The van der Waals surface area contributed by atoms with Gasteiger partial charge in [0.25, 0.3) is 0 Å². The maximum absolute atomic E-state index is 10.6. The molecule has 0 spiro atoms. The molecule has 1 aliphatic heterocycles. The Labute approximate surface area is 192 Å². The number of aliphatic hydroxyl groups excluding tert-OH is 1. The summed E-state index contributed by atoms with van der Waals surface area (Å²) in [5.74, 6) is 0.869. The summed E-state index contributed by atoms with van der Waals surface area (Å²) in [6, 6.07) is 10.2. The molecule has 1 aromatic heterocycles. The Kier molecular flexibility index (Phi) is 9.99. The monoisotopic (exact) mass is 445 g/mol. The van der Waals surface area contributed by atoms with Crippen molar-refractivity contribution in [2.45, 2.75) is 58.3 Å². The molecule has 2 heterocycles. The van der Waals surface area contributed by atoms with E-state index in [1.165, 1.54) is 19.3 Å². The summed E-state index contributed by atoms with van der Waals surface area (Å²) >= 11 is 0. The molecule has 0 bridgehead atoms. The fourth-order valence-corrected chi connectivity index (χ4v) is 4.16. The molecule has 32 heavy (non-hydrogen) atoms. The zero-order valence-corrected chi connectivity index (χ0v) is 19.8. The molecule has 0 amide bonds. The zero-order chi connectivity index (χ0) is 22.8. The predicted octanol–water partition coefficient (Wildman–Crippen LogP) is 3.96. The minimum Gasteiger partial charge on any atom is -0.389 e. The van der Waals surface area contributed by atoms with Crippen LogP contribution in [0.3, 0.4) is 0 Å². The van der Waals surface area contributed by atoms with Gasteiger partial charge < -0.3 is 24.0 Å². The number of hydrogen-bond donors (Lipinski definition) is 1. The van der Waals surface area contributed by atoms with Crippen molar-refractivity contribution in [3.05, 3.63) is 35.9 Å². The van der Waals surface area contributed by atoms with Crippen LogP contribution < -0.4 is 4.90 Å². The maximum atomic E-state index is 10.6. The third kappa shape index (κ3) is 7.30. The average Bonchev–Trinajstić information content (AvgIpc) is 3.22. The molecule has 3 rings (SSSR count). The van der Waals surface area contributed by atoms with Gasteiger partial charge >= 0.3 is 0 Å². The van der Waals surface area contributed by atoms with E-state index in [-0.39, 0.29) is 6.10 Å². The van der Waals surface area contributed by atoms with Crippen LogP contribution in [0.5, 0.6) is 0 Å². The highest BCUT2D eigenvalue weighted by molar-refractivity contribution is 5.68. The van der Waals surface area contributed by atoms with E-state index in [1.807, 2.05) is 32.0 Å². The topological polar surface area (TPSA) is 71.2 Å². The van der Waals surface area contributed by atoms with Gasteiger partial charge in [-0.1, -0.05) is 35.5 Å². The second-order valence-corrected chi connectivity index (χ2v) is 8.85. The lowest BCUT2D eigenvalue weighted by molar-refractivity contribution is -0.0103. The largest absolute Gasteiger partial charge is 0.389 e. The van der Waals surface area contributed by atoms with Crippen LogP contribution in [0, 0.1) is 0 Å². The highest BCUT2D eigenvalue weighted by Gasteiger charge is 2.26. The van der Waals surface area contributed by atoms with Crippen LogP contribution >= 0.6 is 0 Å². The van der Waals surface area contributed by atoms with Crippen LogP contribution in [0.4, 0.5) is 5.88 Å². The molecule has 1 aromatic carbocycles. The van der Waals surface area contributed by atoms with Crippen LogP contribution in [-0.2, 0) is 16.0 Å². The second-order valence-electron chi connectivity index (χ2n) is 8.85. The van der Waals surface area contributed by atoms with Crippen LogP contribution in [0.1, 0.15) is 45.1 Å². The fraction of sp³-hybridized carbons (Fsp3) is 0.640. The maximum Gasteiger partial charge on any atom is 0.232 e. The van der Waals surface area contributed by atoms with Gasteiger partial charge in [-0.05, 0) is 39.5 Å². The second kappa shape index (κ2) is 12.9. The number of aromatic nitrogens is 1. The van der Waals surface area contributed by atoms with E-state index in [0.717, 1.165) is 48.8 Å². The molecule has 2 aromatic rings. The van der Waals surface area contributed by atoms with Gasteiger partial charge in [-0.25, -0.2) is 0 Å². The summed E-state index contributed by atoms with van der Waals surface area (Å²) in [5, 5.41) is 15.1. The quantitative estimate of drug-likeness (QED) is 0.468. The number of methoxy groups -OCH3 is 1. The van der Waals surface area contributed by atoms with Gasteiger partial charge in [-0.2, -0.15) is 0 Å². The molecular weight excluding hydrogens is 406 g/mol. The van der Waals surface area contributed by atoms with Crippen molar-refractivity contribution in [2.75, 3.05) is 51.4 Å². The zero-order valence-electron chi connectivity index (χ0n) is 19.8. The van der Waals surface area contributed by atoms with Gasteiger partial charge in [0.1, 0.15) is 5.69 Å². The van der Waals surface area contributed by atoms with E-state index in [1.54, 1.807) is 7.11 Å². The highest BCUT2D eigenvalue weighted by atomic mass is 16.5. The number of piperidine rings is 1. The standard InChI is InChI=1S/C25H39N3O4/c1-20(2)31-19-22(29)17-27(13-10-16-30-3)18-23-24(21-11-6-4-7-12-21)26-32-25(23)28-14-8-5-9-15-28/h4,6-7,11-12,20,22,29H,5,8-10,13-19H2,1-3H3/t22-/m0/s1. The van der Waals surface area contributed by atoms with Crippen molar-refractivity contribution >= 4 is 5.88 Å². The minimum absolute atomic E-state index is 0.0973. The number of hydrogen-bond acceptors (Lipinski definition) is 7. The van der Waals surface area contributed by atoms with Crippen LogP contribution in [-0.4, -0.2) is 73.9 Å². The van der Waals surface area contributed by atoms with Crippen molar-refractivity contribution in [1.82, 2.24) is 10.1 Å². The molecule has 7 nitrogen and oxygen atoms in total. The Morgan fingerprint density at radius 1 is 1.16 bits per heavy atom. The molecule has 0 saturated carbocycles. The van der Waals surface area contributed by atoms with Gasteiger partial charge in [0.15, 0.2) is 0 Å². The Morgan fingerprint density at radius 3 is 2.59 bits per heavy atom. The summed E-state index contributed by atoms with van der Waals surface area (Å²) in [7, 11) is 1.72. The molecule has 0 unspecified atom stereocenters. The molecule has 1 saturated heterocycles. The normalized spacial score (nSPS) is 15.6. The Hall–Kier alpha value is -1.93. The average molecular weight is 446 g/mol. The molecule has 1 fully saturated rings. The van der Waals surface area contributed by atoms with Crippen molar-refractivity contribution in [3.8, 4) is 11.3 Å². The van der Waals surface area contributed by atoms with Gasteiger partial charge in [-0.15, -0.1) is 0 Å².